The number of rotatable bonds is 9. The summed E-state index contributed by atoms with van der Waals surface area (Å²) in [5.74, 6) is -0.398. The van der Waals surface area contributed by atoms with Crippen molar-refractivity contribution >= 4 is 23.3 Å². The molecule has 1 N–H and O–H groups in total. The van der Waals surface area contributed by atoms with E-state index in [1.165, 1.54) is 18.1 Å². The van der Waals surface area contributed by atoms with Crippen LogP contribution in [-0.4, -0.2) is 48.9 Å². The van der Waals surface area contributed by atoms with Gasteiger partial charge < -0.3 is 15.0 Å². The van der Waals surface area contributed by atoms with E-state index in [1.54, 1.807) is 25.2 Å². The van der Waals surface area contributed by atoms with E-state index in [9.17, 15) is 19.7 Å². The standard InChI is InChI=1S/C15H21N3O5/c1-17(11-5-8-15(20)23-2)14(19)9-10-16-12-6-3-4-7-13(12)18(21)22/h3-4,6-7,16H,5,8-11H2,1-2H3. The summed E-state index contributed by atoms with van der Waals surface area (Å²) in [5, 5.41) is 13.8. The lowest BCUT2D eigenvalue weighted by Gasteiger charge is -2.17. The van der Waals surface area contributed by atoms with Gasteiger partial charge in [0, 0.05) is 39.0 Å². The minimum atomic E-state index is -0.469. The fourth-order valence-corrected chi connectivity index (χ4v) is 1.96. The summed E-state index contributed by atoms with van der Waals surface area (Å²) < 4.78 is 4.53. The number of carbonyl (C=O) groups excluding carboxylic acids is 2. The minimum absolute atomic E-state index is 0.0219. The number of carbonyl (C=O) groups is 2. The second-order valence-electron chi connectivity index (χ2n) is 4.95. The number of benzene rings is 1. The number of nitrogens with zero attached hydrogens (tertiary/aromatic N) is 2. The highest BCUT2D eigenvalue weighted by molar-refractivity contribution is 5.76. The number of nitro benzene ring substituents is 1. The topological polar surface area (TPSA) is 102 Å². The van der Waals surface area contributed by atoms with Crippen LogP contribution in [0.15, 0.2) is 24.3 Å². The lowest BCUT2D eigenvalue weighted by atomic mass is 10.2. The lowest BCUT2D eigenvalue weighted by molar-refractivity contribution is -0.384. The number of anilines is 1. The first-order valence-electron chi connectivity index (χ1n) is 7.23. The first-order chi connectivity index (χ1) is 11.0. The molecule has 0 bridgehead atoms. The van der Waals surface area contributed by atoms with Gasteiger partial charge in [-0.2, -0.15) is 0 Å². The van der Waals surface area contributed by atoms with E-state index in [0.29, 0.717) is 25.2 Å². The molecule has 1 amide bonds. The molecular weight excluding hydrogens is 302 g/mol. The molecule has 0 radical (unpaired) electrons. The monoisotopic (exact) mass is 323 g/mol. The molecule has 0 spiro atoms. The van der Waals surface area contributed by atoms with Gasteiger partial charge in [-0.3, -0.25) is 19.7 Å². The van der Waals surface area contributed by atoms with Crippen molar-refractivity contribution in [1.29, 1.82) is 0 Å². The van der Waals surface area contributed by atoms with Crippen LogP contribution in [0.2, 0.25) is 0 Å². The van der Waals surface area contributed by atoms with Crippen LogP contribution in [0.25, 0.3) is 0 Å². The molecule has 1 rings (SSSR count). The fraction of sp³-hybridized carbons (Fsp3) is 0.467. The number of nitrogens with one attached hydrogen (secondary N) is 1. The van der Waals surface area contributed by atoms with E-state index in [4.69, 9.17) is 0 Å². The molecule has 0 aliphatic heterocycles. The summed E-state index contributed by atoms with van der Waals surface area (Å²) >= 11 is 0. The van der Waals surface area contributed by atoms with Crippen LogP contribution in [0.5, 0.6) is 0 Å². The van der Waals surface area contributed by atoms with Crippen LogP contribution < -0.4 is 5.32 Å². The second-order valence-corrected chi connectivity index (χ2v) is 4.95. The number of methoxy groups -OCH3 is 1. The van der Waals surface area contributed by atoms with Crippen LogP contribution in [0.3, 0.4) is 0 Å². The average Bonchev–Trinajstić information content (AvgIpc) is 2.54. The van der Waals surface area contributed by atoms with Gasteiger partial charge in [0.1, 0.15) is 5.69 Å². The van der Waals surface area contributed by atoms with Crippen molar-refractivity contribution in [3.8, 4) is 0 Å². The molecule has 8 nitrogen and oxygen atoms in total. The molecule has 0 heterocycles. The Balaban J connectivity index is 2.36. The molecular formula is C15H21N3O5. The summed E-state index contributed by atoms with van der Waals surface area (Å²) in [7, 11) is 2.98. The highest BCUT2D eigenvalue weighted by Gasteiger charge is 2.13. The van der Waals surface area contributed by atoms with Crippen LogP contribution in [0.1, 0.15) is 19.3 Å². The molecule has 0 aliphatic rings. The average molecular weight is 323 g/mol. The Labute approximate surface area is 134 Å². The van der Waals surface area contributed by atoms with Gasteiger partial charge in [0.05, 0.1) is 12.0 Å². The Morgan fingerprint density at radius 1 is 1.30 bits per heavy atom. The summed E-state index contributed by atoms with van der Waals surface area (Å²) in [5.41, 5.74) is 0.366. The van der Waals surface area contributed by atoms with Gasteiger partial charge in [-0.1, -0.05) is 12.1 Å². The van der Waals surface area contributed by atoms with Crippen molar-refractivity contribution in [2.24, 2.45) is 0 Å². The molecule has 0 atom stereocenters. The van der Waals surface area contributed by atoms with Crippen molar-refractivity contribution in [3.63, 3.8) is 0 Å². The van der Waals surface area contributed by atoms with Crippen LogP contribution in [0, 0.1) is 10.1 Å². The van der Waals surface area contributed by atoms with Gasteiger partial charge >= 0.3 is 5.97 Å². The molecule has 1 aromatic carbocycles. The molecule has 23 heavy (non-hydrogen) atoms. The Morgan fingerprint density at radius 2 is 2.00 bits per heavy atom. The van der Waals surface area contributed by atoms with Gasteiger partial charge in [-0.15, -0.1) is 0 Å². The Bertz CT molecular complexity index is 562. The van der Waals surface area contributed by atoms with E-state index in [-0.39, 0.29) is 30.4 Å². The molecule has 0 unspecified atom stereocenters. The van der Waals surface area contributed by atoms with Crippen molar-refractivity contribution in [1.82, 2.24) is 4.90 Å². The summed E-state index contributed by atoms with van der Waals surface area (Å²) in [6.45, 7) is 0.754. The van der Waals surface area contributed by atoms with E-state index in [1.807, 2.05) is 0 Å². The van der Waals surface area contributed by atoms with Crippen molar-refractivity contribution in [2.75, 3.05) is 32.6 Å². The third-order valence-corrected chi connectivity index (χ3v) is 3.28. The molecule has 0 saturated heterocycles. The lowest BCUT2D eigenvalue weighted by Crippen LogP contribution is -2.29. The highest BCUT2D eigenvalue weighted by Crippen LogP contribution is 2.22. The van der Waals surface area contributed by atoms with Crippen molar-refractivity contribution < 1.29 is 19.2 Å². The Morgan fingerprint density at radius 3 is 2.65 bits per heavy atom. The fourth-order valence-electron chi connectivity index (χ4n) is 1.96. The predicted octanol–water partition coefficient (Wildman–Crippen LogP) is 1.81. The maximum absolute atomic E-state index is 11.9. The number of ether oxygens (including phenoxy) is 1. The van der Waals surface area contributed by atoms with Gasteiger partial charge in [0.2, 0.25) is 5.91 Å². The van der Waals surface area contributed by atoms with Crippen LogP contribution in [-0.2, 0) is 14.3 Å². The third kappa shape index (κ3) is 6.33. The quantitative estimate of drug-likeness (QED) is 0.422. The first-order valence-corrected chi connectivity index (χ1v) is 7.23. The van der Waals surface area contributed by atoms with Gasteiger partial charge in [-0.25, -0.2) is 0 Å². The number of amides is 1. The Hall–Kier alpha value is -2.64. The van der Waals surface area contributed by atoms with E-state index in [2.05, 4.69) is 10.1 Å². The van der Waals surface area contributed by atoms with Crippen molar-refractivity contribution in [2.45, 2.75) is 19.3 Å². The van der Waals surface area contributed by atoms with Gasteiger partial charge in [-0.05, 0) is 12.5 Å². The summed E-state index contributed by atoms with van der Waals surface area (Å²) in [4.78, 5) is 34.9. The predicted molar refractivity (Wildman–Crippen MR) is 85.1 cm³/mol. The molecule has 8 heteroatoms. The molecule has 0 aromatic heterocycles. The smallest absolute Gasteiger partial charge is 0.305 e. The third-order valence-electron chi connectivity index (χ3n) is 3.28. The zero-order valence-corrected chi connectivity index (χ0v) is 13.3. The molecule has 0 fully saturated rings. The van der Waals surface area contributed by atoms with E-state index >= 15 is 0 Å². The number of esters is 1. The Kier molecular flexibility index (Phi) is 7.52. The highest BCUT2D eigenvalue weighted by atomic mass is 16.6. The minimum Gasteiger partial charge on any atom is -0.469 e. The number of hydrogen-bond donors (Lipinski definition) is 1. The number of nitro groups is 1. The largest absolute Gasteiger partial charge is 0.469 e. The zero-order chi connectivity index (χ0) is 17.2. The van der Waals surface area contributed by atoms with E-state index in [0.717, 1.165) is 0 Å². The molecule has 1 aromatic rings. The SMILES string of the molecule is COC(=O)CCCN(C)C(=O)CCNc1ccccc1[N+](=O)[O-]. The number of hydrogen-bond acceptors (Lipinski definition) is 6. The van der Waals surface area contributed by atoms with Crippen molar-refractivity contribution in [3.05, 3.63) is 34.4 Å². The number of para-hydroxylation sites is 2. The zero-order valence-electron chi connectivity index (χ0n) is 13.3. The first kappa shape index (κ1) is 18.4. The van der Waals surface area contributed by atoms with Gasteiger partial charge in [0.15, 0.2) is 0 Å². The molecule has 0 saturated carbocycles. The van der Waals surface area contributed by atoms with Crippen LogP contribution in [0.4, 0.5) is 11.4 Å². The molecule has 126 valence electrons. The second kappa shape index (κ2) is 9.39. The van der Waals surface area contributed by atoms with Crippen LogP contribution >= 0.6 is 0 Å². The normalized spacial score (nSPS) is 10.0. The summed E-state index contributed by atoms with van der Waals surface area (Å²) in [6, 6.07) is 6.28. The van der Waals surface area contributed by atoms with E-state index < -0.39 is 4.92 Å². The molecule has 0 aliphatic carbocycles. The van der Waals surface area contributed by atoms with Gasteiger partial charge in [0.25, 0.3) is 5.69 Å². The maximum Gasteiger partial charge on any atom is 0.305 e. The summed E-state index contributed by atoms with van der Waals surface area (Å²) in [6.07, 6.45) is 1.01. The maximum atomic E-state index is 11.9.